The second-order valence-electron chi connectivity index (χ2n) is 6.76. The molecule has 0 radical (unpaired) electrons. The average molecular weight is 410 g/mol. The molecule has 2 heterocycles. The van der Waals surface area contributed by atoms with Crippen LogP contribution >= 0.6 is 11.6 Å². The summed E-state index contributed by atoms with van der Waals surface area (Å²) in [5.41, 5.74) is 11.8. The number of benzene rings is 1. The predicted molar refractivity (Wildman–Crippen MR) is 123 cm³/mol. The van der Waals surface area contributed by atoms with E-state index in [1.165, 1.54) is 7.11 Å². The highest BCUT2D eigenvalue weighted by Gasteiger charge is 2.17. The number of hydrogen-bond donors (Lipinski definition) is 2. The van der Waals surface area contributed by atoms with E-state index >= 15 is 0 Å². The summed E-state index contributed by atoms with van der Waals surface area (Å²) in [6.45, 7) is 4.74. The highest BCUT2D eigenvalue weighted by molar-refractivity contribution is 6.34. The minimum atomic E-state index is -0.0671. The number of allylic oxidation sites excluding steroid dienone is 3. The monoisotopic (exact) mass is 409 g/mol. The molecule has 29 heavy (non-hydrogen) atoms. The van der Waals surface area contributed by atoms with Crippen molar-refractivity contribution in [2.24, 2.45) is 10.7 Å². The Labute approximate surface area is 177 Å². The zero-order chi connectivity index (χ0) is 21.0. The molecule has 0 saturated carbocycles. The number of aromatic nitrogens is 1. The molecule has 0 amide bonds. The molecule has 3 N–H and O–H groups in total. The largest absolute Gasteiger partial charge is 0.503 e. The molecular formula is C22H25BClN3O2. The quantitative estimate of drug-likeness (QED) is 0.670. The number of phenols is 1. The van der Waals surface area contributed by atoms with Crippen LogP contribution in [-0.2, 0) is 0 Å². The Kier molecular flexibility index (Phi) is 6.67. The topological polar surface area (TPSA) is 72.8 Å². The fourth-order valence-corrected chi connectivity index (χ4v) is 3.66. The number of ether oxygens (including phenoxy) is 1. The van der Waals surface area contributed by atoms with Crippen molar-refractivity contribution in [3.63, 3.8) is 0 Å². The molecule has 150 valence electrons. The summed E-state index contributed by atoms with van der Waals surface area (Å²) in [5.74, 6) is 0.277. The summed E-state index contributed by atoms with van der Waals surface area (Å²) < 4.78 is 7.28. The number of rotatable bonds is 7. The Bertz CT molecular complexity index is 1030. The van der Waals surface area contributed by atoms with E-state index < -0.39 is 0 Å². The molecule has 0 spiro atoms. The lowest BCUT2D eigenvalue weighted by Gasteiger charge is -2.13. The van der Waals surface area contributed by atoms with Crippen LogP contribution in [-0.4, -0.2) is 36.4 Å². The van der Waals surface area contributed by atoms with Crippen molar-refractivity contribution in [2.45, 2.75) is 20.2 Å². The summed E-state index contributed by atoms with van der Waals surface area (Å²) in [6, 6.07) is 7.64. The summed E-state index contributed by atoms with van der Waals surface area (Å²) in [6.07, 6.45) is 8.60. The Morgan fingerprint density at radius 1 is 1.34 bits per heavy atom. The molecule has 1 aliphatic heterocycles. The van der Waals surface area contributed by atoms with Crippen LogP contribution in [0.5, 0.6) is 11.5 Å². The van der Waals surface area contributed by atoms with Gasteiger partial charge in [-0.3, -0.25) is 0 Å². The molecule has 1 aromatic carbocycles. The molecule has 0 unspecified atom stereocenters. The van der Waals surface area contributed by atoms with Gasteiger partial charge in [0.05, 0.1) is 23.5 Å². The number of methoxy groups -OCH3 is 1. The van der Waals surface area contributed by atoms with Gasteiger partial charge in [-0.05, 0) is 73.6 Å². The number of nitrogens with zero attached hydrogens (tertiary/aromatic N) is 2. The van der Waals surface area contributed by atoms with Crippen molar-refractivity contribution >= 4 is 36.4 Å². The van der Waals surface area contributed by atoms with Gasteiger partial charge in [0, 0.05) is 11.3 Å². The van der Waals surface area contributed by atoms with Gasteiger partial charge < -0.3 is 20.1 Å². The molecule has 7 heteroatoms. The van der Waals surface area contributed by atoms with Gasteiger partial charge in [0.1, 0.15) is 0 Å². The van der Waals surface area contributed by atoms with Crippen molar-refractivity contribution < 1.29 is 9.84 Å². The molecule has 0 fully saturated rings. The number of phenolic OH excluding ortho intramolecular Hbond substituents is 1. The normalized spacial score (nSPS) is 15.5. The SMILES string of the molecule is CBn1cccc1/C(CCN)=C1N=C(/C=C/c2ccc(OC)c(O)c2Cl)C=C\1C. The summed E-state index contributed by atoms with van der Waals surface area (Å²) >= 11 is 6.25. The van der Waals surface area contributed by atoms with Crippen LogP contribution in [0.2, 0.25) is 11.8 Å². The molecule has 1 aliphatic rings. The third-order valence-electron chi connectivity index (χ3n) is 4.90. The summed E-state index contributed by atoms with van der Waals surface area (Å²) in [5, 5.41) is 10.3. The van der Waals surface area contributed by atoms with Crippen molar-refractivity contribution in [3.05, 3.63) is 70.2 Å². The van der Waals surface area contributed by atoms with Gasteiger partial charge >= 0.3 is 0 Å². The Morgan fingerprint density at radius 3 is 2.83 bits per heavy atom. The molecule has 1 aromatic heterocycles. The number of hydrogen-bond acceptors (Lipinski definition) is 4. The van der Waals surface area contributed by atoms with Crippen molar-refractivity contribution in [1.82, 2.24) is 4.48 Å². The fourth-order valence-electron chi connectivity index (χ4n) is 3.44. The van der Waals surface area contributed by atoms with Crippen LogP contribution in [0, 0.1) is 0 Å². The Morgan fingerprint density at radius 2 is 2.14 bits per heavy atom. The third kappa shape index (κ3) is 4.34. The van der Waals surface area contributed by atoms with E-state index in [9.17, 15) is 5.11 Å². The van der Waals surface area contributed by atoms with E-state index in [0.717, 1.165) is 42.1 Å². The van der Waals surface area contributed by atoms with E-state index in [2.05, 4.69) is 30.5 Å². The van der Waals surface area contributed by atoms with E-state index in [1.807, 2.05) is 24.3 Å². The average Bonchev–Trinajstić information content (AvgIpc) is 3.33. The van der Waals surface area contributed by atoms with E-state index in [1.54, 1.807) is 12.1 Å². The minimum Gasteiger partial charge on any atom is -0.503 e. The molecule has 2 aromatic rings. The number of aliphatic imine (C=N–C) groups is 1. The van der Waals surface area contributed by atoms with Gasteiger partial charge in [-0.15, -0.1) is 0 Å². The maximum absolute atomic E-state index is 10.1. The second-order valence-corrected chi connectivity index (χ2v) is 7.14. The van der Waals surface area contributed by atoms with Crippen LogP contribution in [0.1, 0.15) is 24.6 Å². The molecular weight excluding hydrogens is 385 g/mol. The molecule has 0 bridgehead atoms. The summed E-state index contributed by atoms with van der Waals surface area (Å²) in [7, 11) is 2.38. The second kappa shape index (κ2) is 9.20. The van der Waals surface area contributed by atoms with Crippen LogP contribution in [0.3, 0.4) is 0 Å². The van der Waals surface area contributed by atoms with Gasteiger partial charge in [0.15, 0.2) is 11.5 Å². The molecule has 0 aliphatic carbocycles. The van der Waals surface area contributed by atoms with E-state index in [4.69, 9.17) is 27.1 Å². The van der Waals surface area contributed by atoms with Gasteiger partial charge in [0.2, 0.25) is 7.41 Å². The number of halogens is 1. The lowest BCUT2D eigenvalue weighted by atomic mass is 9.95. The Balaban J connectivity index is 1.97. The van der Waals surface area contributed by atoms with Crippen LogP contribution < -0.4 is 10.5 Å². The summed E-state index contributed by atoms with van der Waals surface area (Å²) in [4.78, 5) is 4.84. The van der Waals surface area contributed by atoms with Crippen LogP contribution in [0.4, 0.5) is 0 Å². The van der Waals surface area contributed by atoms with Gasteiger partial charge in [0.25, 0.3) is 0 Å². The lowest BCUT2D eigenvalue weighted by molar-refractivity contribution is 0.373. The molecule has 3 rings (SSSR count). The maximum Gasteiger partial charge on any atom is 0.238 e. The van der Waals surface area contributed by atoms with Crippen LogP contribution in [0.25, 0.3) is 11.6 Å². The highest BCUT2D eigenvalue weighted by atomic mass is 35.5. The smallest absolute Gasteiger partial charge is 0.238 e. The molecule has 5 nitrogen and oxygen atoms in total. The predicted octanol–water partition coefficient (Wildman–Crippen LogP) is 4.28. The van der Waals surface area contributed by atoms with Gasteiger partial charge in [-0.25, -0.2) is 4.99 Å². The van der Waals surface area contributed by atoms with Crippen LogP contribution in [0.15, 0.2) is 58.9 Å². The minimum absolute atomic E-state index is 0.0671. The van der Waals surface area contributed by atoms with Gasteiger partial charge in [-0.1, -0.05) is 24.5 Å². The van der Waals surface area contributed by atoms with E-state index in [-0.39, 0.29) is 10.8 Å². The fraction of sp³-hybridized carbons (Fsp3) is 0.227. The van der Waals surface area contributed by atoms with E-state index in [0.29, 0.717) is 17.9 Å². The zero-order valence-corrected chi connectivity index (χ0v) is 17.7. The van der Waals surface area contributed by atoms with Crippen molar-refractivity contribution in [3.8, 4) is 11.5 Å². The lowest BCUT2D eigenvalue weighted by Crippen LogP contribution is -2.09. The third-order valence-corrected chi connectivity index (χ3v) is 5.30. The highest BCUT2D eigenvalue weighted by Crippen LogP contribution is 2.37. The molecule has 0 saturated heterocycles. The standard InChI is InChI=1S/C22H25BClN3O2/c1-14-13-16(8-6-15-7-9-19(29-3)22(28)20(15)24)26-21(14)17(10-11-25)18-5-4-12-27(18)23-2/h4-9,12-13,23,28H,10-11,25H2,1-3H3/b8-6+,21-17-. The first-order valence-electron chi connectivity index (χ1n) is 9.59. The first-order chi connectivity index (χ1) is 14.0. The first kappa shape index (κ1) is 21.0. The first-order valence-corrected chi connectivity index (χ1v) is 9.97. The molecule has 0 atom stereocenters. The van der Waals surface area contributed by atoms with Crippen molar-refractivity contribution in [2.75, 3.05) is 13.7 Å². The maximum atomic E-state index is 10.1. The zero-order valence-electron chi connectivity index (χ0n) is 16.9. The van der Waals surface area contributed by atoms with Crippen molar-refractivity contribution in [1.29, 1.82) is 0 Å². The van der Waals surface area contributed by atoms with Gasteiger partial charge in [-0.2, -0.15) is 0 Å². The number of aromatic hydroxyl groups is 1. The number of nitrogens with two attached hydrogens (primary N) is 1. The Hall–Kier alpha value is -2.70.